The van der Waals surface area contributed by atoms with Crippen LogP contribution in [0.2, 0.25) is 0 Å². The fourth-order valence-electron chi connectivity index (χ4n) is 6.61. The summed E-state index contributed by atoms with van der Waals surface area (Å²) in [4.78, 5) is 30.7. The van der Waals surface area contributed by atoms with E-state index < -0.39 is 42.0 Å². The predicted molar refractivity (Wildman–Crippen MR) is 174 cm³/mol. The summed E-state index contributed by atoms with van der Waals surface area (Å²) in [5.74, 6) is -0.593. The average Bonchev–Trinajstić information content (AvgIpc) is 3.49. The highest BCUT2D eigenvalue weighted by atomic mass is 16.5. The Bertz CT molecular complexity index is 1020. The molecule has 10 heteroatoms. The molecule has 1 saturated heterocycles. The Morgan fingerprint density at radius 3 is 2.27 bits per heavy atom. The normalized spacial score (nSPS) is 22.4. The Morgan fingerprint density at radius 2 is 1.75 bits per heavy atom. The molecule has 1 aromatic rings. The number of aliphatic hydroxyl groups excluding tert-OH is 1. The summed E-state index contributed by atoms with van der Waals surface area (Å²) in [6, 6.07) is 7.68. The molecule has 1 aromatic carbocycles. The van der Waals surface area contributed by atoms with Crippen molar-refractivity contribution in [2.24, 2.45) is 23.5 Å². The number of amides is 2. The molecule has 10 unspecified atom stereocenters. The minimum absolute atomic E-state index is 0.0141. The highest BCUT2D eigenvalue weighted by Gasteiger charge is 2.45. The Kier molecular flexibility index (Phi) is 14.7. The third kappa shape index (κ3) is 9.23. The number of nitrogens with one attached hydrogen (secondary N) is 1. The van der Waals surface area contributed by atoms with Crippen LogP contribution in [0.15, 0.2) is 30.3 Å². The van der Waals surface area contributed by atoms with Gasteiger partial charge in [-0.3, -0.25) is 14.9 Å². The molecular formula is C34H60N4O6. The van der Waals surface area contributed by atoms with Gasteiger partial charge < -0.3 is 35.2 Å². The van der Waals surface area contributed by atoms with Crippen molar-refractivity contribution in [1.29, 1.82) is 0 Å². The van der Waals surface area contributed by atoms with Crippen LogP contribution in [0, 0.1) is 17.8 Å². The number of aliphatic hydroxyl groups is 2. The van der Waals surface area contributed by atoms with E-state index in [0.29, 0.717) is 6.54 Å². The molecule has 2 amide bonds. The number of methoxy groups -OCH3 is 2. The van der Waals surface area contributed by atoms with Crippen molar-refractivity contribution in [3.8, 4) is 0 Å². The zero-order chi connectivity index (χ0) is 33.4. The summed E-state index contributed by atoms with van der Waals surface area (Å²) < 4.78 is 11.9. The lowest BCUT2D eigenvalue weighted by atomic mass is 9.86. The first-order valence-electron chi connectivity index (χ1n) is 16.2. The first-order chi connectivity index (χ1) is 20.6. The van der Waals surface area contributed by atoms with Gasteiger partial charge in [0, 0.05) is 39.8 Å². The monoisotopic (exact) mass is 620 g/mol. The maximum absolute atomic E-state index is 13.9. The van der Waals surface area contributed by atoms with Gasteiger partial charge in [-0.15, -0.1) is 0 Å². The molecule has 1 aliphatic heterocycles. The lowest BCUT2D eigenvalue weighted by Crippen LogP contribution is -2.60. The van der Waals surface area contributed by atoms with E-state index in [1.807, 2.05) is 62.9 Å². The van der Waals surface area contributed by atoms with E-state index >= 15 is 0 Å². The van der Waals surface area contributed by atoms with Gasteiger partial charge in [-0.25, -0.2) is 0 Å². The summed E-state index contributed by atoms with van der Waals surface area (Å²) in [7, 11) is 4.95. The lowest BCUT2D eigenvalue weighted by Gasteiger charge is -2.43. The molecule has 0 radical (unpaired) electrons. The van der Waals surface area contributed by atoms with Gasteiger partial charge in [0.05, 0.1) is 42.9 Å². The molecule has 1 fully saturated rings. The van der Waals surface area contributed by atoms with Crippen molar-refractivity contribution in [3.05, 3.63) is 35.9 Å². The largest absolute Gasteiger partial charge is 0.387 e. The van der Waals surface area contributed by atoms with Crippen molar-refractivity contribution in [1.82, 2.24) is 15.1 Å². The SMILES string of the molecule is CCC(C)C(C(CC(=O)N1CCCC1C(OC)C(C)C(C)(O)NC(C)C(O)c1ccccc1)OC)N(C)C(=O)C(N)C(C)C. The van der Waals surface area contributed by atoms with Gasteiger partial charge in [0.2, 0.25) is 11.8 Å². The molecule has 10 nitrogen and oxygen atoms in total. The maximum atomic E-state index is 13.9. The topological polar surface area (TPSA) is 138 Å². The Labute approximate surface area is 265 Å². The van der Waals surface area contributed by atoms with Crippen LogP contribution in [0.5, 0.6) is 0 Å². The van der Waals surface area contributed by atoms with Gasteiger partial charge in [-0.1, -0.05) is 71.4 Å². The second kappa shape index (κ2) is 17.0. The van der Waals surface area contributed by atoms with Gasteiger partial charge in [-0.2, -0.15) is 0 Å². The van der Waals surface area contributed by atoms with Crippen LogP contribution in [-0.2, 0) is 19.1 Å². The first kappa shape index (κ1) is 38.1. The number of likely N-dealkylation sites (N-methyl/N-ethyl adjacent to an activating group) is 1. The summed E-state index contributed by atoms with van der Waals surface area (Å²) >= 11 is 0. The Morgan fingerprint density at radius 1 is 1.14 bits per heavy atom. The predicted octanol–water partition coefficient (Wildman–Crippen LogP) is 3.31. The minimum atomic E-state index is -1.40. The number of hydrogen-bond acceptors (Lipinski definition) is 8. The highest BCUT2D eigenvalue weighted by molar-refractivity contribution is 5.82. The number of ether oxygens (including phenoxy) is 2. The molecule has 10 atom stereocenters. The van der Waals surface area contributed by atoms with Crippen LogP contribution in [0.25, 0.3) is 0 Å². The van der Waals surface area contributed by atoms with E-state index in [-0.39, 0.29) is 42.2 Å². The zero-order valence-corrected chi connectivity index (χ0v) is 28.7. The summed E-state index contributed by atoms with van der Waals surface area (Å²) in [6.07, 6.45) is 0.667. The van der Waals surface area contributed by atoms with E-state index in [1.165, 1.54) is 0 Å². The van der Waals surface area contributed by atoms with Gasteiger partial charge in [0.15, 0.2) is 0 Å². The standard InChI is InChI=1S/C34H60N4O6/c1-11-22(4)30(37(8)33(41)29(35)21(2)3)27(43-9)20-28(39)38-19-15-18-26(38)32(44-10)23(5)34(7,42)36-24(6)31(40)25-16-13-12-14-17-25/h12-14,16-17,21-24,26-27,29-32,36,40,42H,11,15,18-20,35H2,1-10H3. The lowest BCUT2D eigenvalue weighted by molar-refractivity contribution is -0.149. The molecule has 0 bridgehead atoms. The summed E-state index contributed by atoms with van der Waals surface area (Å²) in [5, 5.41) is 25.7. The summed E-state index contributed by atoms with van der Waals surface area (Å²) in [6.45, 7) is 14.0. The van der Waals surface area contributed by atoms with Crippen molar-refractivity contribution >= 4 is 11.8 Å². The van der Waals surface area contributed by atoms with Crippen molar-refractivity contribution < 1.29 is 29.3 Å². The van der Waals surface area contributed by atoms with Crippen molar-refractivity contribution in [2.75, 3.05) is 27.8 Å². The van der Waals surface area contributed by atoms with Crippen LogP contribution in [0.1, 0.15) is 85.8 Å². The number of carbonyl (C=O) groups excluding carboxylic acids is 2. The van der Waals surface area contributed by atoms with Crippen LogP contribution >= 0.6 is 0 Å². The van der Waals surface area contributed by atoms with Gasteiger partial charge in [0.1, 0.15) is 5.72 Å². The molecular weight excluding hydrogens is 560 g/mol. The number of hydrogen-bond donors (Lipinski definition) is 4. The number of benzene rings is 1. The van der Waals surface area contributed by atoms with E-state index in [2.05, 4.69) is 19.2 Å². The smallest absolute Gasteiger partial charge is 0.239 e. The second-order valence-corrected chi connectivity index (χ2v) is 13.3. The van der Waals surface area contributed by atoms with E-state index in [0.717, 1.165) is 24.8 Å². The third-order valence-electron chi connectivity index (χ3n) is 9.87. The molecule has 0 spiro atoms. The molecule has 0 aliphatic carbocycles. The fourth-order valence-corrected chi connectivity index (χ4v) is 6.61. The van der Waals surface area contributed by atoms with E-state index in [4.69, 9.17) is 15.2 Å². The van der Waals surface area contributed by atoms with Crippen molar-refractivity contribution in [2.45, 2.75) is 122 Å². The zero-order valence-electron chi connectivity index (χ0n) is 28.7. The summed E-state index contributed by atoms with van der Waals surface area (Å²) in [5.41, 5.74) is 5.59. The molecule has 252 valence electrons. The molecule has 1 aliphatic rings. The van der Waals surface area contributed by atoms with Gasteiger partial charge in [-0.05, 0) is 44.1 Å². The van der Waals surface area contributed by atoms with Crippen LogP contribution in [0.4, 0.5) is 0 Å². The van der Waals surface area contributed by atoms with E-state index in [1.54, 1.807) is 33.1 Å². The average molecular weight is 621 g/mol. The second-order valence-electron chi connectivity index (χ2n) is 13.3. The molecule has 2 rings (SSSR count). The minimum Gasteiger partial charge on any atom is -0.387 e. The fraction of sp³-hybridized carbons (Fsp3) is 0.765. The quantitative estimate of drug-likeness (QED) is 0.195. The number of rotatable bonds is 17. The molecule has 5 N–H and O–H groups in total. The maximum Gasteiger partial charge on any atom is 0.239 e. The van der Waals surface area contributed by atoms with Crippen LogP contribution in [0.3, 0.4) is 0 Å². The third-order valence-corrected chi connectivity index (χ3v) is 9.87. The van der Waals surface area contributed by atoms with Crippen LogP contribution in [-0.4, -0.2) is 102 Å². The van der Waals surface area contributed by atoms with Crippen LogP contribution < -0.4 is 11.1 Å². The molecule has 44 heavy (non-hydrogen) atoms. The number of nitrogens with two attached hydrogens (primary N) is 1. The van der Waals surface area contributed by atoms with Gasteiger partial charge >= 0.3 is 0 Å². The Hall–Kier alpha value is -2.08. The van der Waals surface area contributed by atoms with Gasteiger partial charge in [0.25, 0.3) is 0 Å². The number of carbonyl (C=O) groups is 2. The Balaban J connectivity index is 2.22. The molecule has 0 saturated carbocycles. The molecule has 0 aromatic heterocycles. The number of nitrogens with zero attached hydrogens (tertiary/aromatic N) is 2. The first-order valence-corrected chi connectivity index (χ1v) is 16.2. The highest BCUT2D eigenvalue weighted by Crippen LogP contribution is 2.33. The van der Waals surface area contributed by atoms with E-state index in [9.17, 15) is 19.8 Å². The molecule has 1 heterocycles. The number of likely N-dealkylation sites (tertiary alicyclic amines) is 1. The van der Waals surface area contributed by atoms with Crippen molar-refractivity contribution in [3.63, 3.8) is 0 Å².